The number of benzene rings is 1. The number of fused-ring (bicyclic) bond motifs is 1. The summed E-state index contributed by atoms with van der Waals surface area (Å²) in [7, 11) is 4.37. The van der Waals surface area contributed by atoms with E-state index in [1.54, 1.807) is 18.2 Å². The number of nitrogens with two attached hydrogens (primary N) is 3. The van der Waals surface area contributed by atoms with Crippen molar-refractivity contribution in [2.45, 2.75) is 25.9 Å². The maximum Gasteiger partial charge on any atom is 0.420 e. The molecule has 28 heavy (non-hydrogen) atoms. The highest BCUT2D eigenvalue weighted by molar-refractivity contribution is 5.91. The van der Waals surface area contributed by atoms with Crippen LogP contribution in [0.5, 0.6) is 0 Å². The fourth-order valence-electron chi connectivity index (χ4n) is 2.29. The molecule has 0 fully saturated rings. The van der Waals surface area contributed by atoms with Crippen LogP contribution in [0.2, 0.25) is 0 Å². The van der Waals surface area contributed by atoms with Crippen LogP contribution in [0.25, 0.3) is 11.1 Å². The van der Waals surface area contributed by atoms with Crippen molar-refractivity contribution in [3.63, 3.8) is 0 Å². The number of carbonyl (C=O) groups is 3. The third-order valence-corrected chi connectivity index (χ3v) is 3.43. The van der Waals surface area contributed by atoms with Crippen molar-refractivity contribution in [2.24, 2.45) is 17.2 Å². The molecule has 1 atom stereocenters. The number of rotatable bonds is 6. The lowest BCUT2D eigenvalue weighted by Gasteiger charge is -2.15. The van der Waals surface area contributed by atoms with Crippen molar-refractivity contribution >= 4 is 28.8 Å². The predicted molar refractivity (Wildman–Crippen MR) is 105 cm³/mol. The predicted octanol–water partition coefficient (Wildman–Crippen LogP) is -1.84. The van der Waals surface area contributed by atoms with Crippen molar-refractivity contribution < 1.29 is 18.8 Å². The number of nitrogens with zero attached hydrogens (tertiary/aromatic N) is 1. The molecule has 1 aromatic carbocycles. The van der Waals surface area contributed by atoms with Crippen molar-refractivity contribution in [3.8, 4) is 0 Å². The number of amides is 3. The van der Waals surface area contributed by atoms with E-state index >= 15 is 0 Å². The molecule has 11 heteroatoms. The van der Waals surface area contributed by atoms with Gasteiger partial charge in [-0.25, -0.2) is 4.79 Å². The number of hydrogen-bond acceptors (Lipinski definition) is 7. The highest BCUT2D eigenvalue weighted by Gasteiger charge is 2.23. The minimum Gasteiger partial charge on any atom is -0.408 e. The summed E-state index contributed by atoms with van der Waals surface area (Å²) in [6.45, 7) is 1.50. The molecule has 8 N–H and O–H groups in total. The maximum atomic E-state index is 12.1. The van der Waals surface area contributed by atoms with Crippen LogP contribution in [0.3, 0.4) is 0 Å². The fourth-order valence-corrected chi connectivity index (χ4v) is 2.29. The van der Waals surface area contributed by atoms with E-state index in [-0.39, 0.29) is 13.0 Å². The van der Waals surface area contributed by atoms with Gasteiger partial charge in [0, 0.05) is 7.05 Å². The van der Waals surface area contributed by atoms with E-state index in [9.17, 15) is 19.2 Å². The summed E-state index contributed by atoms with van der Waals surface area (Å²) in [4.78, 5) is 46.7. The summed E-state index contributed by atoms with van der Waals surface area (Å²) >= 11 is 0. The average molecular weight is 396 g/mol. The summed E-state index contributed by atoms with van der Waals surface area (Å²) in [6.07, 6.45) is -0.342. The zero-order valence-corrected chi connectivity index (χ0v) is 16.4. The summed E-state index contributed by atoms with van der Waals surface area (Å²) < 4.78 is 6.24. The molecule has 0 saturated heterocycles. The molecular weight excluding hydrogens is 368 g/mol. The number of carbonyl (C=O) groups excluding carboxylic acids is 3. The highest BCUT2D eigenvalue weighted by atomic mass is 16.4. The number of aryl methyl sites for hydroxylation is 1. The largest absolute Gasteiger partial charge is 0.420 e. The van der Waals surface area contributed by atoms with Crippen LogP contribution in [-0.2, 0) is 20.9 Å². The van der Waals surface area contributed by atoms with Crippen molar-refractivity contribution in [2.75, 3.05) is 21.1 Å². The zero-order chi connectivity index (χ0) is 21.9. The van der Waals surface area contributed by atoms with Crippen LogP contribution < -0.4 is 33.6 Å². The molecule has 11 nitrogen and oxygen atoms in total. The molecule has 0 aliphatic rings. The van der Waals surface area contributed by atoms with Gasteiger partial charge in [0.25, 0.3) is 0 Å². The quantitative estimate of drug-likeness (QED) is 0.379. The first-order valence-electron chi connectivity index (χ1n) is 8.36. The first kappa shape index (κ1) is 24.8. The minimum atomic E-state index is -1.10. The molecule has 1 heterocycles. The van der Waals surface area contributed by atoms with Crippen LogP contribution in [0.15, 0.2) is 27.4 Å². The number of oxazole rings is 1. The normalized spacial score (nSPS) is 10.6. The van der Waals surface area contributed by atoms with Gasteiger partial charge in [0.1, 0.15) is 12.6 Å². The van der Waals surface area contributed by atoms with E-state index in [4.69, 9.17) is 10.2 Å². The third-order valence-electron chi connectivity index (χ3n) is 3.43. The Morgan fingerprint density at radius 1 is 1.18 bits per heavy atom. The minimum absolute atomic E-state index is 0.342. The molecule has 0 radical (unpaired) electrons. The molecule has 3 amide bonds. The van der Waals surface area contributed by atoms with Gasteiger partial charge in [-0.05, 0) is 38.7 Å². The summed E-state index contributed by atoms with van der Waals surface area (Å²) in [5.41, 5.74) is 15.8. The molecule has 0 spiro atoms. The van der Waals surface area contributed by atoms with E-state index in [1.807, 2.05) is 6.92 Å². The Bertz CT molecular complexity index is 857. The van der Waals surface area contributed by atoms with Gasteiger partial charge in [-0.3, -0.25) is 19.0 Å². The Labute approximate surface area is 162 Å². The van der Waals surface area contributed by atoms with Crippen molar-refractivity contribution in [1.82, 2.24) is 15.2 Å². The third kappa shape index (κ3) is 6.85. The summed E-state index contributed by atoms with van der Waals surface area (Å²) in [5, 5.41) is 4.72. The fraction of sp³-hybridized carbons (Fsp3) is 0.412. The molecule has 2 aromatic rings. The first-order valence-corrected chi connectivity index (χ1v) is 8.36. The Morgan fingerprint density at radius 2 is 1.79 bits per heavy atom. The average Bonchev–Trinajstić information content (AvgIpc) is 2.97. The second kappa shape index (κ2) is 12.3. The van der Waals surface area contributed by atoms with E-state index in [2.05, 4.69) is 22.1 Å². The van der Waals surface area contributed by atoms with E-state index < -0.39 is 29.5 Å². The van der Waals surface area contributed by atoms with Gasteiger partial charge in [-0.15, -0.1) is 0 Å². The molecule has 2 rings (SSSR count). The number of nitrogens with one attached hydrogen (secondary N) is 2. The Kier molecular flexibility index (Phi) is 10.9. The van der Waals surface area contributed by atoms with Gasteiger partial charge in [-0.2, -0.15) is 0 Å². The lowest BCUT2D eigenvalue weighted by Crippen LogP contribution is -2.48. The molecule has 1 aromatic heterocycles. The molecule has 156 valence electrons. The van der Waals surface area contributed by atoms with Gasteiger partial charge < -0.3 is 32.3 Å². The Hall–Kier alpha value is -3.18. The van der Waals surface area contributed by atoms with Crippen molar-refractivity contribution in [1.29, 1.82) is 0 Å². The van der Waals surface area contributed by atoms with E-state index in [1.165, 1.54) is 21.1 Å². The lowest BCUT2D eigenvalue weighted by molar-refractivity contribution is -0.131. The van der Waals surface area contributed by atoms with E-state index in [0.29, 0.717) is 11.1 Å². The second-order valence-corrected chi connectivity index (χ2v) is 5.33. The molecule has 0 aliphatic carbocycles. The molecule has 0 bridgehead atoms. The smallest absolute Gasteiger partial charge is 0.408 e. The van der Waals surface area contributed by atoms with Gasteiger partial charge in [0.2, 0.25) is 17.7 Å². The van der Waals surface area contributed by atoms with Gasteiger partial charge in [-0.1, -0.05) is 6.07 Å². The van der Waals surface area contributed by atoms with Crippen LogP contribution in [0, 0.1) is 6.92 Å². The number of hydrogen-bond donors (Lipinski definition) is 5. The molecule has 0 saturated carbocycles. The summed E-state index contributed by atoms with van der Waals surface area (Å²) in [5.74, 6) is -2.58. The SMILES string of the molecule is CN.CN.CNC(=O)[C@H](CC(N)=O)NC(=O)Cn1c(=O)oc2cc(C)ccc21. The standard InChI is InChI=1S/C15H18N4O5.2CH5N/c1-8-3-4-10-11(5-8)24-15(23)19(10)7-13(21)18-9(6-12(16)20)14(22)17-2;2*1-2/h3-5,9H,6-7H2,1-2H3,(H2,16,20)(H,17,22)(H,18,21);2*2H2,1H3/t9-;;/m0../s1. The monoisotopic (exact) mass is 396 g/mol. The van der Waals surface area contributed by atoms with Crippen molar-refractivity contribution in [3.05, 3.63) is 34.3 Å². The first-order chi connectivity index (χ1) is 13.3. The molecular formula is C17H28N6O5. The second-order valence-electron chi connectivity index (χ2n) is 5.33. The molecule has 0 aliphatic heterocycles. The number of aromatic nitrogens is 1. The maximum absolute atomic E-state index is 12.1. The van der Waals surface area contributed by atoms with Crippen LogP contribution in [-0.4, -0.2) is 49.5 Å². The topological polar surface area (TPSA) is 188 Å². The van der Waals surface area contributed by atoms with Gasteiger partial charge in [0.05, 0.1) is 11.9 Å². The lowest BCUT2D eigenvalue weighted by atomic mass is 10.2. The number of primary amides is 1. The van der Waals surface area contributed by atoms with Gasteiger partial charge >= 0.3 is 5.76 Å². The Balaban J connectivity index is 0.00000171. The highest BCUT2D eigenvalue weighted by Crippen LogP contribution is 2.14. The summed E-state index contributed by atoms with van der Waals surface area (Å²) in [6, 6.07) is 4.04. The van der Waals surface area contributed by atoms with Crippen LogP contribution in [0.1, 0.15) is 12.0 Å². The van der Waals surface area contributed by atoms with Gasteiger partial charge in [0.15, 0.2) is 5.58 Å². The molecule has 0 unspecified atom stereocenters. The Morgan fingerprint density at radius 3 is 2.32 bits per heavy atom. The van der Waals surface area contributed by atoms with Crippen LogP contribution in [0.4, 0.5) is 0 Å². The van der Waals surface area contributed by atoms with Crippen LogP contribution >= 0.6 is 0 Å². The van der Waals surface area contributed by atoms with E-state index in [0.717, 1.165) is 10.1 Å². The number of likely N-dealkylation sites (N-methyl/N-ethyl adjacent to an activating group) is 1. The zero-order valence-electron chi connectivity index (χ0n) is 16.4.